The van der Waals surface area contributed by atoms with Crippen LogP contribution in [0, 0.1) is 6.92 Å². The van der Waals surface area contributed by atoms with E-state index in [1.165, 1.54) is 11.1 Å². The highest BCUT2D eigenvalue weighted by atomic mass is 16.5. The lowest BCUT2D eigenvalue weighted by Gasteiger charge is -2.13. The Morgan fingerprint density at radius 1 is 1.35 bits per heavy atom. The summed E-state index contributed by atoms with van der Waals surface area (Å²) in [6.45, 7) is 8.66. The highest BCUT2D eigenvalue weighted by Crippen LogP contribution is 2.18. The zero-order valence-electron chi connectivity index (χ0n) is 11.2. The lowest BCUT2D eigenvalue weighted by Crippen LogP contribution is -2.26. The van der Waals surface area contributed by atoms with Crippen LogP contribution < -0.4 is 10.1 Å². The lowest BCUT2D eigenvalue weighted by atomic mass is 10.1. The first kappa shape index (κ1) is 14.0. The van der Waals surface area contributed by atoms with Crippen LogP contribution in [0.5, 0.6) is 5.75 Å². The summed E-state index contributed by atoms with van der Waals surface area (Å²) in [7, 11) is 1.70. The molecular weight excluding hydrogens is 214 g/mol. The topological polar surface area (TPSA) is 30.5 Å². The van der Waals surface area contributed by atoms with Crippen molar-refractivity contribution in [2.24, 2.45) is 0 Å². The van der Waals surface area contributed by atoms with E-state index in [0.29, 0.717) is 0 Å². The van der Waals surface area contributed by atoms with Gasteiger partial charge in [-0.05, 0) is 38.0 Å². The molecule has 1 atom stereocenters. The van der Waals surface area contributed by atoms with E-state index in [9.17, 15) is 0 Å². The fourth-order valence-corrected chi connectivity index (χ4v) is 1.81. The minimum absolute atomic E-state index is 0.263. The second-order valence-corrected chi connectivity index (χ2v) is 4.20. The van der Waals surface area contributed by atoms with Crippen molar-refractivity contribution < 1.29 is 9.47 Å². The second-order valence-electron chi connectivity index (χ2n) is 4.20. The van der Waals surface area contributed by atoms with Gasteiger partial charge in [0.15, 0.2) is 0 Å². The van der Waals surface area contributed by atoms with Gasteiger partial charge in [0.25, 0.3) is 0 Å². The summed E-state index contributed by atoms with van der Waals surface area (Å²) in [6, 6.07) is 6.25. The van der Waals surface area contributed by atoms with Gasteiger partial charge in [0.1, 0.15) is 5.75 Å². The Hall–Kier alpha value is -1.06. The molecule has 0 aliphatic rings. The van der Waals surface area contributed by atoms with Crippen LogP contribution in [0.15, 0.2) is 18.2 Å². The van der Waals surface area contributed by atoms with Gasteiger partial charge in [-0.2, -0.15) is 0 Å². The molecule has 0 aliphatic carbocycles. The van der Waals surface area contributed by atoms with Crippen molar-refractivity contribution in [3.63, 3.8) is 0 Å². The third-order valence-corrected chi connectivity index (χ3v) is 2.67. The monoisotopic (exact) mass is 237 g/mol. The predicted molar refractivity (Wildman–Crippen MR) is 70.5 cm³/mol. The Morgan fingerprint density at radius 2 is 2.12 bits per heavy atom. The standard InChI is InChI=1S/C14H23NO2/c1-5-17-12(3)9-15-10-13-6-7-14(16-4)11(2)8-13/h6-8,12,15H,5,9-10H2,1-4H3. The summed E-state index contributed by atoms with van der Waals surface area (Å²) >= 11 is 0. The third-order valence-electron chi connectivity index (χ3n) is 2.67. The van der Waals surface area contributed by atoms with Gasteiger partial charge < -0.3 is 14.8 Å². The molecule has 0 saturated heterocycles. The minimum atomic E-state index is 0.263. The summed E-state index contributed by atoms with van der Waals surface area (Å²) in [6.07, 6.45) is 0.263. The summed E-state index contributed by atoms with van der Waals surface area (Å²) in [5, 5.41) is 3.39. The molecule has 0 heterocycles. The van der Waals surface area contributed by atoms with Crippen molar-refractivity contribution in [3.05, 3.63) is 29.3 Å². The number of rotatable bonds is 7. The van der Waals surface area contributed by atoms with E-state index < -0.39 is 0 Å². The average molecular weight is 237 g/mol. The van der Waals surface area contributed by atoms with Crippen molar-refractivity contribution in [2.75, 3.05) is 20.3 Å². The van der Waals surface area contributed by atoms with Crippen molar-refractivity contribution >= 4 is 0 Å². The quantitative estimate of drug-likeness (QED) is 0.790. The summed E-state index contributed by atoms with van der Waals surface area (Å²) in [5.41, 5.74) is 2.44. The first-order valence-electron chi connectivity index (χ1n) is 6.13. The van der Waals surface area contributed by atoms with E-state index in [1.54, 1.807) is 7.11 Å². The van der Waals surface area contributed by atoms with Crippen molar-refractivity contribution in [1.29, 1.82) is 0 Å². The summed E-state index contributed by atoms with van der Waals surface area (Å²) < 4.78 is 10.7. The molecule has 0 saturated carbocycles. The maximum absolute atomic E-state index is 5.46. The van der Waals surface area contributed by atoms with Gasteiger partial charge in [-0.15, -0.1) is 0 Å². The van der Waals surface area contributed by atoms with Crippen LogP contribution in [-0.2, 0) is 11.3 Å². The Kier molecular flexibility index (Phi) is 6.01. The van der Waals surface area contributed by atoms with Gasteiger partial charge >= 0.3 is 0 Å². The molecule has 0 aliphatic heterocycles. The molecule has 0 aromatic heterocycles. The van der Waals surface area contributed by atoms with E-state index in [0.717, 1.165) is 25.4 Å². The van der Waals surface area contributed by atoms with E-state index >= 15 is 0 Å². The molecule has 17 heavy (non-hydrogen) atoms. The highest BCUT2D eigenvalue weighted by molar-refractivity contribution is 5.36. The molecule has 1 aromatic rings. The molecule has 0 amide bonds. The molecule has 0 fully saturated rings. The fourth-order valence-electron chi connectivity index (χ4n) is 1.81. The maximum Gasteiger partial charge on any atom is 0.121 e. The van der Waals surface area contributed by atoms with Crippen LogP contribution in [0.25, 0.3) is 0 Å². The fraction of sp³-hybridized carbons (Fsp3) is 0.571. The summed E-state index contributed by atoms with van der Waals surface area (Å²) in [4.78, 5) is 0. The first-order chi connectivity index (χ1) is 8.17. The van der Waals surface area contributed by atoms with Crippen LogP contribution in [0.1, 0.15) is 25.0 Å². The number of hydrogen-bond donors (Lipinski definition) is 1. The van der Waals surface area contributed by atoms with Crippen LogP contribution >= 0.6 is 0 Å². The number of hydrogen-bond acceptors (Lipinski definition) is 3. The van der Waals surface area contributed by atoms with Crippen LogP contribution in [0.2, 0.25) is 0 Å². The molecule has 3 heteroatoms. The van der Waals surface area contributed by atoms with Gasteiger partial charge in [-0.3, -0.25) is 0 Å². The zero-order chi connectivity index (χ0) is 12.7. The molecule has 96 valence electrons. The number of benzene rings is 1. The van der Waals surface area contributed by atoms with Gasteiger partial charge in [0, 0.05) is 19.7 Å². The van der Waals surface area contributed by atoms with Crippen molar-refractivity contribution in [1.82, 2.24) is 5.32 Å². The highest BCUT2D eigenvalue weighted by Gasteiger charge is 2.02. The molecule has 0 bridgehead atoms. The second kappa shape index (κ2) is 7.30. The first-order valence-corrected chi connectivity index (χ1v) is 6.13. The van der Waals surface area contributed by atoms with E-state index in [4.69, 9.17) is 9.47 Å². The molecule has 1 rings (SSSR count). The third kappa shape index (κ3) is 4.75. The average Bonchev–Trinajstić information content (AvgIpc) is 2.29. The number of nitrogens with one attached hydrogen (secondary N) is 1. The van der Waals surface area contributed by atoms with E-state index in [-0.39, 0.29) is 6.10 Å². The Balaban J connectivity index is 2.39. The maximum atomic E-state index is 5.46. The normalized spacial score (nSPS) is 12.5. The molecule has 1 unspecified atom stereocenters. The number of methoxy groups -OCH3 is 1. The Labute approximate surface area is 104 Å². The van der Waals surface area contributed by atoms with Gasteiger partial charge in [0.2, 0.25) is 0 Å². The SMILES string of the molecule is CCOC(C)CNCc1ccc(OC)c(C)c1. The molecule has 0 radical (unpaired) electrons. The Bertz CT molecular complexity index is 339. The van der Waals surface area contributed by atoms with Gasteiger partial charge in [0.05, 0.1) is 13.2 Å². The largest absolute Gasteiger partial charge is 0.496 e. The van der Waals surface area contributed by atoms with Crippen LogP contribution in [0.4, 0.5) is 0 Å². The minimum Gasteiger partial charge on any atom is -0.496 e. The van der Waals surface area contributed by atoms with Crippen LogP contribution in [-0.4, -0.2) is 26.4 Å². The van der Waals surface area contributed by atoms with Gasteiger partial charge in [-0.25, -0.2) is 0 Å². The lowest BCUT2D eigenvalue weighted by molar-refractivity contribution is 0.0759. The van der Waals surface area contributed by atoms with Crippen molar-refractivity contribution in [3.8, 4) is 5.75 Å². The Morgan fingerprint density at radius 3 is 2.71 bits per heavy atom. The molecule has 3 nitrogen and oxygen atoms in total. The smallest absolute Gasteiger partial charge is 0.121 e. The molecule has 1 aromatic carbocycles. The predicted octanol–water partition coefficient (Wildman–Crippen LogP) is 2.52. The van der Waals surface area contributed by atoms with Gasteiger partial charge in [-0.1, -0.05) is 12.1 Å². The molecule has 1 N–H and O–H groups in total. The number of aryl methyl sites for hydroxylation is 1. The van der Waals surface area contributed by atoms with E-state index in [2.05, 4.69) is 31.3 Å². The summed E-state index contributed by atoms with van der Waals surface area (Å²) in [5.74, 6) is 0.941. The molecule has 0 spiro atoms. The number of ether oxygens (including phenoxy) is 2. The zero-order valence-corrected chi connectivity index (χ0v) is 11.2. The van der Waals surface area contributed by atoms with Crippen molar-refractivity contribution in [2.45, 2.75) is 33.4 Å². The molecular formula is C14H23NO2. The van der Waals surface area contributed by atoms with E-state index in [1.807, 2.05) is 13.0 Å². The van der Waals surface area contributed by atoms with Crippen LogP contribution in [0.3, 0.4) is 0 Å².